The number of phenolic OH excluding ortho intramolecular Hbond substituents is 1. The van der Waals surface area contributed by atoms with Gasteiger partial charge in [-0.3, -0.25) is 9.11 Å². The highest BCUT2D eigenvalue weighted by molar-refractivity contribution is 7.86. The van der Waals surface area contributed by atoms with E-state index in [4.69, 9.17) is 14.7 Å². The Labute approximate surface area is 270 Å². The van der Waals surface area contributed by atoms with Crippen molar-refractivity contribution in [1.29, 1.82) is 0 Å². The number of phenols is 1. The number of alkyl halides is 1. The molecule has 1 N–H and O–H groups in total. The highest BCUT2D eigenvalue weighted by Crippen LogP contribution is 2.43. The molecular formula is C36H40F2N4O3S. The molecule has 4 aliphatic rings. The van der Waals surface area contributed by atoms with Crippen LogP contribution in [0.2, 0.25) is 0 Å². The second-order valence-electron chi connectivity index (χ2n) is 13.7. The number of hydrogen-bond acceptors (Lipinski definition) is 7. The molecule has 4 fully saturated rings. The smallest absolute Gasteiger partial charge is 0.319 e. The number of piperidine rings is 1. The van der Waals surface area contributed by atoms with E-state index in [0.717, 1.165) is 97.0 Å². The van der Waals surface area contributed by atoms with Crippen LogP contribution in [0.1, 0.15) is 57.4 Å². The largest absolute Gasteiger partial charge is 0.508 e. The third-order valence-corrected chi connectivity index (χ3v) is 13.4. The van der Waals surface area contributed by atoms with Crippen molar-refractivity contribution in [1.82, 2.24) is 14.9 Å². The number of rotatable bonds is 6. The lowest BCUT2D eigenvalue weighted by atomic mass is 9.91. The molecule has 3 aromatic carbocycles. The average Bonchev–Trinajstić information content (AvgIpc) is 3.70. The van der Waals surface area contributed by atoms with Crippen molar-refractivity contribution in [2.45, 2.75) is 74.7 Å². The standard InChI is InChI=1S/C36H40F2N4O3S/c1-2-27-30(38)8-6-24-17-26(43)19-29(32(24)27)23-5-7-28-31(18-23)39-34(45-22-35-9-3-13-42(35)21-25(37)20-35)40-33(28)41-14-11-36(12-15-41)10-4-16-46(36)44/h5-8,17-19,25,43H,2-4,9-16,20-22H2,1H3/t25-,35+,46?/m1/s1. The summed E-state index contributed by atoms with van der Waals surface area (Å²) in [7, 11) is -0.791. The molecule has 0 radical (unpaired) electrons. The second kappa shape index (κ2) is 11.4. The van der Waals surface area contributed by atoms with Crippen molar-refractivity contribution in [2.24, 2.45) is 0 Å². The summed E-state index contributed by atoms with van der Waals surface area (Å²) in [5, 5.41) is 13.1. The van der Waals surface area contributed by atoms with Gasteiger partial charge in [0.2, 0.25) is 0 Å². The molecule has 4 aliphatic heterocycles. The van der Waals surface area contributed by atoms with E-state index in [2.05, 4.69) is 9.80 Å². The Balaban J connectivity index is 1.21. The first kappa shape index (κ1) is 30.0. The molecule has 1 aromatic heterocycles. The van der Waals surface area contributed by atoms with Crippen molar-refractivity contribution in [3.8, 4) is 22.9 Å². The van der Waals surface area contributed by atoms with Gasteiger partial charge in [-0.15, -0.1) is 0 Å². The van der Waals surface area contributed by atoms with E-state index in [1.165, 1.54) is 6.07 Å². The third-order valence-electron chi connectivity index (χ3n) is 11.1. The number of anilines is 1. The van der Waals surface area contributed by atoms with Crippen molar-refractivity contribution in [2.75, 3.05) is 43.4 Å². The molecule has 0 amide bonds. The maximum absolute atomic E-state index is 15.0. The number of benzene rings is 3. The molecular weight excluding hydrogens is 606 g/mol. The Hall–Kier alpha value is -3.37. The Kier molecular flexibility index (Phi) is 7.44. The van der Waals surface area contributed by atoms with Gasteiger partial charge in [-0.2, -0.15) is 9.97 Å². The van der Waals surface area contributed by atoms with E-state index in [9.17, 15) is 18.1 Å². The number of nitrogens with zero attached hydrogens (tertiary/aromatic N) is 4. The van der Waals surface area contributed by atoms with Crippen LogP contribution < -0.4 is 9.64 Å². The van der Waals surface area contributed by atoms with Crippen LogP contribution in [0.15, 0.2) is 42.5 Å². The minimum absolute atomic E-state index is 0.0923. The molecule has 1 unspecified atom stereocenters. The van der Waals surface area contributed by atoms with Gasteiger partial charge in [-0.05, 0) is 109 Å². The Morgan fingerprint density at radius 1 is 1.04 bits per heavy atom. The maximum atomic E-state index is 15.0. The number of aromatic hydroxyl groups is 1. The summed E-state index contributed by atoms with van der Waals surface area (Å²) in [6, 6.07) is 12.7. The fourth-order valence-electron chi connectivity index (χ4n) is 8.75. The first-order valence-electron chi connectivity index (χ1n) is 16.7. The van der Waals surface area contributed by atoms with Gasteiger partial charge in [0.05, 0.1) is 11.1 Å². The van der Waals surface area contributed by atoms with E-state index in [1.54, 1.807) is 18.2 Å². The summed E-state index contributed by atoms with van der Waals surface area (Å²) < 4.78 is 48.7. The van der Waals surface area contributed by atoms with E-state index < -0.39 is 17.0 Å². The molecule has 1 spiro atoms. The molecule has 242 valence electrons. The van der Waals surface area contributed by atoms with E-state index in [1.807, 2.05) is 25.1 Å². The fraction of sp³-hybridized carbons (Fsp3) is 0.500. The molecule has 4 aromatic rings. The topological polar surface area (TPSA) is 78.8 Å². The maximum Gasteiger partial charge on any atom is 0.319 e. The zero-order valence-corrected chi connectivity index (χ0v) is 27.1. The lowest BCUT2D eigenvalue weighted by molar-refractivity contribution is 0.107. The van der Waals surface area contributed by atoms with Gasteiger partial charge < -0.3 is 14.7 Å². The summed E-state index contributed by atoms with van der Waals surface area (Å²) in [6.07, 6.45) is 5.80. The highest BCUT2D eigenvalue weighted by atomic mass is 32.2. The summed E-state index contributed by atoms with van der Waals surface area (Å²) in [5.74, 6) is 1.42. The van der Waals surface area contributed by atoms with E-state index in [0.29, 0.717) is 37.1 Å². The minimum Gasteiger partial charge on any atom is -0.508 e. The summed E-state index contributed by atoms with van der Waals surface area (Å²) in [6.45, 7) is 5.09. The second-order valence-corrected chi connectivity index (χ2v) is 15.7. The van der Waals surface area contributed by atoms with Crippen LogP contribution in [0.4, 0.5) is 14.6 Å². The monoisotopic (exact) mass is 646 g/mol. The van der Waals surface area contributed by atoms with Gasteiger partial charge >= 0.3 is 6.01 Å². The van der Waals surface area contributed by atoms with Crippen LogP contribution in [-0.4, -0.2) is 79.2 Å². The lowest BCUT2D eigenvalue weighted by Gasteiger charge is -2.39. The van der Waals surface area contributed by atoms with Crippen molar-refractivity contribution in [3.63, 3.8) is 0 Å². The summed E-state index contributed by atoms with van der Waals surface area (Å²) >= 11 is 0. The van der Waals surface area contributed by atoms with Crippen molar-refractivity contribution in [3.05, 3.63) is 53.8 Å². The molecule has 0 bridgehead atoms. The number of aromatic nitrogens is 2. The molecule has 5 heterocycles. The van der Waals surface area contributed by atoms with Gasteiger partial charge in [0.25, 0.3) is 0 Å². The first-order valence-corrected chi connectivity index (χ1v) is 18.0. The van der Waals surface area contributed by atoms with Crippen LogP contribution in [0.3, 0.4) is 0 Å². The van der Waals surface area contributed by atoms with Gasteiger partial charge in [-0.25, -0.2) is 8.78 Å². The quantitative estimate of drug-likeness (QED) is 0.250. The Morgan fingerprint density at radius 3 is 2.67 bits per heavy atom. The first-order chi connectivity index (χ1) is 22.3. The number of hydrogen-bond donors (Lipinski definition) is 1. The van der Waals surface area contributed by atoms with Crippen LogP contribution in [0.25, 0.3) is 32.8 Å². The highest BCUT2D eigenvalue weighted by Gasteiger charge is 2.49. The molecule has 7 nitrogen and oxygen atoms in total. The molecule has 0 saturated carbocycles. The fourth-order valence-corrected chi connectivity index (χ4v) is 10.6. The zero-order valence-electron chi connectivity index (χ0n) is 26.2. The number of ether oxygens (including phenoxy) is 1. The van der Waals surface area contributed by atoms with Crippen LogP contribution in [0, 0.1) is 5.82 Å². The van der Waals surface area contributed by atoms with Gasteiger partial charge in [0.1, 0.15) is 30.2 Å². The van der Waals surface area contributed by atoms with Crippen molar-refractivity contribution >= 4 is 38.3 Å². The number of fused-ring (bicyclic) bond motifs is 3. The lowest BCUT2D eigenvalue weighted by Crippen LogP contribution is -2.45. The molecule has 4 saturated heterocycles. The molecule has 8 rings (SSSR count). The predicted octanol–water partition coefficient (Wildman–Crippen LogP) is 6.69. The molecule has 46 heavy (non-hydrogen) atoms. The Bertz CT molecular complexity index is 1860. The van der Waals surface area contributed by atoms with Crippen LogP contribution in [-0.2, 0) is 17.2 Å². The van der Waals surface area contributed by atoms with Gasteiger partial charge in [0.15, 0.2) is 0 Å². The Morgan fingerprint density at radius 2 is 1.89 bits per heavy atom. The predicted molar refractivity (Wildman–Crippen MR) is 178 cm³/mol. The zero-order chi connectivity index (χ0) is 31.6. The molecule has 0 aliphatic carbocycles. The number of halogens is 2. The third kappa shape index (κ3) is 4.94. The SMILES string of the molecule is CCc1c(F)ccc2cc(O)cc(-c3ccc4c(N5CCC6(CCCS6=O)CC5)nc(OC[C@@]56CCCN5C[C@H](F)C6)nc4c3)c12. The van der Waals surface area contributed by atoms with E-state index in [-0.39, 0.29) is 27.9 Å². The van der Waals surface area contributed by atoms with Crippen LogP contribution >= 0.6 is 0 Å². The minimum atomic E-state index is -0.851. The normalized spacial score (nSPS) is 26.0. The summed E-state index contributed by atoms with van der Waals surface area (Å²) in [5.41, 5.74) is 2.50. The van der Waals surface area contributed by atoms with E-state index >= 15 is 0 Å². The van der Waals surface area contributed by atoms with Crippen LogP contribution in [0.5, 0.6) is 11.8 Å². The molecule has 10 heteroatoms. The van der Waals surface area contributed by atoms with Gasteiger partial charge in [0, 0.05) is 52.7 Å². The van der Waals surface area contributed by atoms with Crippen molar-refractivity contribution < 1.29 is 22.8 Å². The summed E-state index contributed by atoms with van der Waals surface area (Å²) in [4.78, 5) is 14.4. The average molecular weight is 647 g/mol. The number of aryl methyl sites for hydroxylation is 1. The molecule has 3 atom stereocenters. The van der Waals surface area contributed by atoms with Gasteiger partial charge in [-0.1, -0.05) is 19.1 Å².